The lowest BCUT2D eigenvalue weighted by molar-refractivity contribution is 0.0426. The highest BCUT2D eigenvalue weighted by molar-refractivity contribution is 5.01. The second-order valence-corrected chi connectivity index (χ2v) is 2.60. The highest BCUT2D eigenvalue weighted by Gasteiger charge is 2.22. The van der Waals surface area contributed by atoms with Crippen molar-refractivity contribution in [3.63, 3.8) is 0 Å². The lowest BCUT2D eigenvalue weighted by atomic mass is 9.92. The first-order chi connectivity index (χ1) is 4.74. The molecule has 0 spiro atoms. The van der Waals surface area contributed by atoms with E-state index in [-0.39, 0.29) is 12.5 Å². The van der Waals surface area contributed by atoms with Crippen LogP contribution in [0.25, 0.3) is 0 Å². The minimum atomic E-state index is -0.593. The van der Waals surface area contributed by atoms with Crippen molar-refractivity contribution in [2.75, 3.05) is 6.61 Å². The average Bonchev–Trinajstić information content (AvgIpc) is 1.88. The second-order valence-electron chi connectivity index (χ2n) is 2.60. The molecule has 0 saturated carbocycles. The van der Waals surface area contributed by atoms with E-state index in [2.05, 4.69) is 0 Å². The Labute approximate surface area is 59.6 Å². The molecule has 1 aliphatic carbocycles. The molecule has 1 rings (SSSR count). The summed E-state index contributed by atoms with van der Waals surface area (Å²) in [6, 6.07) is 0. The quantitative estimate of drug-likeness (QED) is 0.425. The summed E-state index contributed by atoms with van der Waals surface area (Å²) >= 11 is 0. The molecule has 0 aromatic carbocycles. The van der Waals surface area contributed by atoms with E-state index in [4.69, 9.17) is 15.3 Å². The van der Waals surface area contributed by atoms with Gasteiger partial charge in [-0.2, -0.15) is 0 Å². The van der Waals surface area contributed by atoms with Crippen molar-refractivity contribution in [3.8, 4) is 0 Å². The first kappa shape index (κ1) is 7.72. The highest BCUT2D eigenvalue weighted by Crippen LogP contribution is 2.17. The van der Waals surface area contributed by atoms with Gasteiger partial charge in [0.15, 0.2) is 0 Å². The van der Waals surface area contributed by atoms with Gasteiger partial charge in [-0.1, -0.05) is 12.2 Å². The normalized spacial score (nSPS) is 40.1. The van der Waals surface area contributed by atoms with E-state index >= 15 is 0 Å². The zero-order chi connectivity index (χ0) is 7.56. The largest absolute Gasteiger partial charge is 0.396 e. The summed E-state index contributed by atoms with van der Waals surface area (Å²) in [5, 5.41) is 26.8. The second kappa shape index (κ2) is 3.14. The zero-order valence-corrected chi connectivity index (χ0v) is 5.64. The molecule has 1 unspecified atom stereocenters. The molecule has 3 nitrogen and oxygen atoms in total. The maximum Gasteiger partial charge on any atom is 0.0745 e. The zero-order valence-electron chi connectivity index (χ0n) is 5.64. The molecule has 10 heavy (non-hydrogen) atoms. The van der Waals surface area contributed by atoms with Crippen molar-refractivity contribution in [1.82, 2.24) is 0 Å². The minimum Gasteiger partial charge on any atom is -0.396 e. The van der Waals surface area contributed by atoms with Crippen LogP contribution in [0.5, 0.6) is 0 Å². The summed E-state index contributed by atoms with van der Waals surface area (Å²) in [6.07, 6.45) is 2.46. The van der Waals surface area contributed by atoms with Crippen molar-refractivity contribution < 1.29 is 15.3 Å². The Morgan fingerprint density at radius 3 is 2.50 bits per heavy atom. The van der Waals surface area contributed by atoms with Crippen molar-refractivity contribution in [1.29, 1.82) is 0 Å². The molecule has 3 heteroatoms. The van der Waals surface area contributed by atoms with Gasteiger partial charge in [-0.05, 0) is 0 Å². The molecule has 0 heterocycles. The smallest absolute Gasteiger partial charge is 0.0745 e. The summed E-state index contributed by atoms with van der Waals surface area (Å²) in [4.78, 5) is 0. The number of rotatable bonds is 1. The van der Waals surface area contributed by atoms with Gasteiger partial charge in [-0.25, -0.2) is 0 Å². The Kier molecular flexibility index (Phi) is 2.43. The first-order valence-corrected chi connectivity index (χ1v) is 3.39. The van der Waals surface area contributed by atoms with Crippen LogP contribution in [-0.2, 0) is 0 Å². The van der Waals surface area contributed by atoms with E-state index in [0.29, 0.717) is 6.42 Å². The number of aliphatic hydroxyl groups excluding tert-OH is 3. The third-order valence-corrected chi connectivity index (χ3v) is 1.77. The van der Waals surface area contributed by atoms with Crippen LogP contribution in [0.2, 0.25) is 0 Å². The molecular formula is C7H12O3. The predicted octanol–water partition coefficient (Wildman–Crippen LogP) is -0.723. The van der Waals surface area contributed by atoms with Gasteiger partial charge in [-0.3, -0.25) is 0 Å². The molecule has 0 radical (unpaired) electrons. The van der Waals surface area contributed by atoms with Gasteiger partial charge in [0.1, 0.15) is 0 Å². The fourth-order valence-electron chi connectivity index (χ4n) is 1.08. The molecule has 0 bridgehead atoms. The fourth-order valence-corrected chi connectivity index (χ4v) is 1.08. The molecule has 0 aliphatic heterocycles. The van der Waals surface area contributed by atoms with E-state index < -0.39 is 12.2 Å². The Balaban J connectivity index is 2.53. The molecule has 1 aliphatic rings. The SMILES string of the molecule is OC[C@H]1C=CC(O)C[C@@H]1O. The molecule has 0 aromatic heterocycles. The molecule has 3 atom stereocenters. The average molecular weight is 144 g/mol. The van der Waals surface area contributed by atoms with Crippen LogP contribution in [0.15, 0.2) is 12.2 Å². The maximum absolute atomic E-state index is 9.17. The molecule has 0 saturated heterocycles. The van der Waals surface area contributed by atoms with Crippen molar-refractivity contribution >= 4 is 0 Å². The van der Waals surface area contributed by atoms with Crippen LogP contribution in [0.3, 0.4) is 0 Å². The maximum atomic E-state index is 9.17. The van der Waals surface area contributed by atoms with Crippen molar-refractivity contribution in [2.24, 2.45) is 5.92 Å². The summed E-state index contributed by atoms with van der Waals surface area (Å²) in [5.74, 6) is -0.191. The van der Waals surface area contributed by atoms with Gasteiger partial charge in [0.25, 0.3) is 0 Å². The Morgan fingerprint density at radius 1 is 1.30 bits per heavy atom. The Bertz CT molecular complexity index is 133. The third kappa shape index (κ3) is 1.56. The predicted molar refractivity (Wildman–Crippen MR) is 36.3 cm³/mol. The topological polar surface area (TPSA) is 60.7 Å². The molecule has 0 aromatic rings. The van der Waals surface area contributed by atoms with Gasteiger partial charge >= 0.3 is 0 Å². The van der Waals surface area contributed by atoms with Crippen LogP contribution in [0.1, 0.15) is 6.42 Å². The lowest BCUT2D eigenvalue weighted by Crippen LogP contribution is -2.29. The van der Waals surface area contributed by atoms with E-state index in [9.17, 15) is 0 Å². The van der Waals surface area contributed by atoms with Gasteiger partial charge < -0.3 is 15.3 Å². The Hall–Kier alpha value is -0.380. The number of aliphatic hydroxyl groups is 3. The van der Waals surface area contributed by atoms with Gasteiger partial charge in [-0.15, -0.1) is 0 Å². The van der Waals surface area contributed by atoms with Gasteiger partial charge in [0.2, 0.25) is 0 Å². The van der Waals surface area contributed by atoms with E-state index in [0.717, 1.165) is 0 Å². The van der Waals surface area contributed by atoms with Crippen LogP contribution < -0.4 is 0 Å². The van der Waals surface area contributed by atoms with E-state index in [1.54, 1.807) is 12.2 Å². The molecule has 0 fully saturated rings. The molecule has 3 N–H and O–H groups in total. The third-order valence-electron chi connectivity index (χ3n) is 1.77. The summed E-state index contributed by atoms with van der Waals surface area (Å²) in [5.41, 5.74) is 0. The van der Waals surface area contributed by atoms with Crippen LogP contribution in [0, 0.1) is 5.92 Å². The Morgan fingerprint density at radius 2 is 2.00 bits per heavy atom. The summed E-state index contributed by atoms with van der Waals surface area (Å²) in [7, 11) is 0. The monoisotopic (exact) mass is 144 g/mol. The van der Waals surface area contributed by atoms with Crippen molar-refractivity contribution in [3.05, 3.63) is 12.2 Å². The first-order valence-electron chi connectivity index (χ1n) is 3.39. The molecule has 0 amide bonds. The fraction of sp³-hybridized carbons (Fsp3) is 0.714. The highest BCUT2D eigenvalue weighted by atomic mass is 16.3. The van der Waals surface area contributed by atoms with Crippen molar-refractivity contribution in [2.45, 2.75) is 18.6 Å². The number of hydrogen-bond donors (Lipinski definition) is 3. The summed E-state index contributed by atoms with van der Waals surface area (Å²) < 4.78 is 0. The number of hydrogen-bond acceptors (Lipinski definition) is 3. The van der Waals surface area contributed by atoms with E-state index in [1.807, 2.05) is 0 Å². The molecule has 58 valence electrons. The van der Waals surface area contributed by atoms with Gasteiger partial charge in [0.05, 0.1) is 18.8 Å². The van der Waals surface area contributed by atoms with Crippen LogP contribution in [0.4, 0.5) is 0 Å². The lowest BCUT2D eigenvalue weighted by Gasteiger charge is -2.23. The van der Waals surface area contributed by atoms with Gasteiger partial charge in [0, 0.05) is 12.3 Å². The standard InChI is InChI=1S/C7H12O3/c8-4-5-1-2-6(9)3-7(5)10/h1-2,5-10H,3-4H2/t5-,6?,7+/m1/s1. The summed E-state index contributed by atoms with van der Waals surface area (Å²) in [6.45, 7) is -0.0512. The van der Waals surface area contributed by atoms with Crippen LogP contribution >= 0.6 is 0 Å². The molecular weight excluding hydrogens is 132 g/mol. The van der Waals surface area contributed by atoms with Crippen LogP contribution in [-0.4, -0.2) is 34.1 Å². The van der Waals surface area contributed by atoms with E-state index in [1.165, 1.54) is 0 Å². The minimum absolute atomic E-state index is 0.0512.